The van der Waals surface area contributed by atoms with Gasteiger partial charge in [-0.1, -0.05) is 17.7 Å². The molecule has 2 rings (SSSR count). The van der Waals surface area contributed by atoms with Crippen LogP contribution >= 0.6 is 11.6 Å². The van der Waals surface area contributed by atoms with Crippen LogP contribution in [-0.4, -0.2) is 22.9 Å². The third-order valence-electron chi connectivity index (χ3n) is 2.58. The van der Waals surface area contributed by atoms with Crippen molar-refractivity contribution in [1.82, 2.24) is 9.99 Å². The molecule has 5 heteroatoms. The Bertz CT molecular complexity index is 596. The molecular formula is C12H12ClN3O. The van der Waals surface area contributed by atoms with Crippen LogP contribution in [-0.2, 0) is 0 Å². The third-order valence-corrected chi connectivity index (χ3v) is 2.79. The topological polar surface area (TPSA) is 59.2 Å². The Balaban J connectivity index is 2.75. The van der Waals surface area contributed by atoms with Gasteiger partial charge in [0.2, 0.25) is 0 Å². The van der Waals surface area contributed by atoms with Crippen LogP contribution in [0.2, 0.25) is 5.15 Å². The van der Waals surface area contributed by atoms with Crippen molar-refractivity contribution in [2.45, 2.75) is 6.92 Å². The lowest BCUT2D eigenvalue weighted by Crippen LogP contribution is -2.33. The zero-order chi connectivity index (χ0) is 12.6. The molecule has 88 valence electrons. The number of aryl methyl sites for hydroxylation is 1. The predicted octanol–water partition coefficient (Wildman–Crippen LogP) is 2.14. The average molecular weight is 250 g/mol. The van der Waals surface area contributed by atoms with E-state index in [1.165, 1.54) is 7.05 Å². The molecular weight excluding hydrogens is 238 g/mol. The van der Waals surface area contributed by atoms with Crippen LogP contribution in [0.25, 0.3) is 10.9 Å². The predicted molar refractivity (Wildman–Crippen MR) is 67.8 cm³/mol. The molecule has 0 saturated carbocycles. The van der Waals surface area contributed by atoms with Gasteiger partial charge in [0, 0.05) is 12.4 Å². The molecule has 17 heavy (non-hydrogen) atoms. The Morgan fingerprint density at radius 3 is 2.71 bits per heavy atom. The van der Waals surface area contributed by atoms with E-state index in [1.54, 1.807) is 18.2 Å². The number of aromatic nitrogens is 1. The molecule has 0 atom stereocenters. The van der Waals surface area contributed by atoms with Crippen LogP contribution in [0.4, 0.5) is 0 Å². The van der Waals surface area contributed by atoms with Crippen molar-refractivity contribution in [3.63, 3.8) is 0 Å². The second-order valence-corrected chi connectivity index (χ2v) is 4.26. The second-order valence-electron chi connectivity index (χ2n) is 3.88. The van der Waals surface area contributed by atoms with E-state index in [1.807, 2.05) is 13.0 Å². The molecule has 0 aliphatic heterocycles. The van der Waals surface area contributed by atoms with Gasteiger partial charge in [0.1, 0.15) is 5.15 Å². The summed E-state index contributed by atoms with van der Waals surface area (Å²) in [6.45, 7) is 1.92. The average Bonchev–Trinajstić information content (AvgIpc) is 2.29. The highest BCUT2D eigenvalue weighted by Crippen LogP contribution is 2.23. The van der Waals surface area contributed by atoms with E-state index in [-0.39, 0.29) is 5.91 Å². The monoisotopic (exact) mass is 249 g/mol. The van der Waals surface area contributed by atoms with Gasteiger partial charge in [0.05, 0.1) is 11.1 Å². The third kappa shape index (κ3) is 2.09. The fraction of sp³-hybridized carbons (Fsp3) is 0.167. The number of benzene rings is 1. The second kappa shape index (κ2) is 4.31. The molecule has 2 aromatic rings. The number of fused-ring (bicyclic) bond motifs is 1. The highest BCUT2D eigenvalue weighted by atomic mass is 35.5. The first-order valence-electron chi connectivity index (χ1n) is 5.09. The molecule has 0 spiro atoms. The zero-order valence-electron chi connectivity index (χ0n) is 9.57. The van der Waals surface area contributed by atoms with Gasteiger partial charge in [0.25, 0.3) is 5.91 Å². The summed E-state index contributed by atoms with van der Waals surface area (Å²) in [6, 6.07) is 7.03. The summed E-state index contributed by atoms with van der Waals surface area (Å²) >= 11 is 5.85. The van der Waals surface area contributed by atoms with E-state index in [0.29, 0.717) is 10.7 Å². The molecule has 1 aromatic carbocycles. The van der Waals surface area contributed by atoms with Crippen molar-refractivity contribution < 1.29 is 4.79 Å². The lowest BCUT2D eigenvalue weighted by Gasteiger charge is -2.12. The van der Waals surface area contributed by atoms with Crippen molar-refractivity contribution >= 4 is 28.4 Å². The number of hydrazine groups is 1. The maximum Gasteiger partial charge on any atom is 0.268 e. The summed E-state index contributed by atoms with van der Waals surface area (Å²) in [4.78, 5) is 16.1. The van der Waals surface area contributed by atoms with Gasteiger partial charge in [-0.25, -0.2) is 10.8 Å². The van der Waals surface area contributed by atoms with Gasteiger partial charge in [-0.3, -0.25) is 9.80 Å². The van der Waals surface area contributed by atoms with Crippen molar-refractivity contribution in [2.24, 2.45) is 5.84 Å². The first-order valence-corrected chi connectivity index (χ1v) is 5.47. The summed E-state index contributed by atoms with van der Waals surface area (Å²) in [5.41, 5.74) is 2.23. The number of hydrogen-bond donors (Lipinski definition) is 1. The molecule has 0 unspecified atom stereocenters. The van der Waals surface area contributed by atoms with Crippen molar-refractivity contribution in [2.75, 3.05) is 7.05 Å². The van der Waals surface area contributed by atoms with Crippen LogP contribution in [0.5, 0.6) is 0 Å². The van der Waals surface area contributed by atoms with Gasteiger partial charge in [0.15, 0.2) is 0 Å². The maximum atomic E-state index is 11.9. The Hall–Kier alpha value is -1.65. The fourth-order valence-corrected chi connectivity index (χ4v) is 1.85. The summed E-state index contributed by atoms with van der Waals surface area (Å²) in [5, 5.41) is 2.22. The summed E-state index contributed by atoms with van der Waals surface area (Å²) in [5.74, 6) is 5.21. The summed E-state index contributed by atoms with van der Waals surface area (Å²) in [6.07, 6.45) is 0. The van der Waals surface area contributed by atoms with Gasteiger partial charge >= 0.3 is 0 Å². The fourth-order valence-electron chi connectivity index (χ4n) is 1.71. The minimum atomic E-state index is -0.251. The van der Waals surface area contributed by atoms with E-state index in [9.17, 15) is 4.79 Å². The van der Waals surface area contributed by atoms with Crippen molar-refractivity contribution in [3.8, 4) is 0 Å². The van der Waals surface area contributed by atoms with Crippen LogP contribution in [0.3, 0.4) is 0 Å². The van der Waals surface area contributed by atoms with Crippen LogP contribution in [0.1, 0.15) is 15.9 Å². The van der Waals surface area contributed by atoms with E-state index in [4.69, 9.17) is 17.4 Å². The first kappa shape index (κ1) is 11.8. The molecule has 2 N–H and O–H groups in total. The SMILES string of the molecule is Cc1ccc(C(=O)N(C)N)c2ccc(Cl)nc12. The Morgan fingerprint density at radius 1 is 1.35 bits per heavy atom. The standard InChI is InChI=1S/C12H12ClN3O/c1-7-3-4-9(12(17)16(2)14)8-5-6-10(13)15-11(7)8/h3-6H,14H2,1-2H3. The lowest BCUT2D eigenvalue weighted by atomic mass is 10.0. The zero-order valence-corrected chi connectivity index (χ0v) is 10.3. The van der Waals surface area contributed by atoms with Crippen molar-refractivity contribution in [1.29, 1.82) is 0 Å². The normalized spacial score (nSPS) is 10.6. The van der Waals surface area contributed by atoms with Crippen LogP contribution in [0, 0.1) is 6.92 Å². The van der Waals surface area contributed by atoms with E-state index in [2.05, 4.69) is 4.98 Å². The quantitative estimate of drug-likeness (QED) is 0.365. The highest BCUT2D eigenvalue weighted by Gasteiger charge is 2.14. The minimum Gasteiger partial charge on any atom is -0.280 e. The van der Waals surface area contributed by atoms with Crippen molar-refractivity contribution in [3.05, 3.63) is 40.5 Å². The first-order chi connectivity index (χ1) is 8.00. The number of hydrogen-bond acceptors (Lipinski definition) is 3. The Labute approximate surface area is 104 Å². The minimum absolute atomic E-state index is 0.251. The van der Waals surface area contributed by atoms with Gasteiger partial charge in [-0.05, 0) is 30.7 Å². The van der Waals surface area contributed by atoms with Gasteiger partial charge < -0.3 is 0 Å². The summed E-state index contributed by atoms with van der Waals surface area (Å²) < 4.78 is 0. The number of halogens is 1. The van der Waals surface area contributed by atoms with Crippen LogP contribution in [0.15, 0.2) is 24.3 Å². The smallest absolute Gasteiger partial charge is 0.268 e. The van der Waals surface area contributed by atoms with E-state index in [0.717, 1.165) is 21.5 Å². The van der Waals surface area contributed by atoms with E-state index < -0.39 is 0 Å². The maximum absolute atomic E-state index is 11.9. The van der Waals surface area contributed by atoms with E-state index >= 15 is 0 Å². The molecule has 1 amide bonds. The molecule has 1 aromatic heterocycles. The molecule has 0 saturated heterocycles. The Morgan fingerprint density at radius 2 is 2.06 bits per heavy atom. The molecule has 4 nitrogen and oxygen atoms in total. The number of amides is 1. The molecule has 0 aliphatic rings. The number of rotatable bonds is 1. The molecule has 0 fully saturated rings. The van der Waals surface area contributed by atoms with Gasteiger partial charge in [-0.2, -0.15) is 0 Å². The number of nitrogens with two attached hydrogens (primary N) is 1. The molecule has 1 heterocycles. The number of carbonyl (C=O) groups excluding carboxylic acids is 1. The van der Waals surface area contributed by atoms with Gasteiger partial charge in [-0.15, -0.1) is 0 Å². The molecule has 0 bridgehead atoms. The highest BCUT2D eigenvalue weighted by molar-refractivity contribution is 6.30. The summed E-state index contributed by atoms with van der Waals surface area (Å²) in [7, 11) is 1.51. The lowest BCUT2D eigenvalue weighted by molar-refractivity contribution is 0.0797. The number of carbonyl (C=O) groups is 1. The molecule has 0 radical (unpaired) electrons. The number of nitrogens with zero attached hydrogens (tertiary/aromatic N) is 2. The van der Waals surface area contributed by atoms with Crippen LogP contribution < -0.4 is 5.84 Å². The molecule has 0 aliphatic carbocycles. The Kier molecular flexibility index (Phi) is 3.00. The number of pyridine rings is 1. The largest absolute Gasteiger partial charge is 0.280 e.